The molecule has 1 fully saturated rings. The van der Waals surface area contributed by atoms with E-state index in [1.54, 1.807) is 12.3 Å². The fraction of sp³-hybridized carbons (Fsp3) is 0.368. The molecule has 3 heterocycles. The molecule has 1 aliphatic carbocycles. The monoisotopic (exact) mass is 406 g/mol. The van der Waals surface area contributed by atoms with Gasteiger partial charge < -0.3 is 15.0 Å². The second kappa shape index (κ2) is 8.02. The Labute approximate surface area is 167 Å². The Kier molecular flexibility index (Phi) is 5.50. The number of amides is 1. The number of nitrogens with zero attached hydrogens (tertiary/aromatic N) is 2. The Morgan fingerprint density at radius 1 is 1.33 bits per heavy atom. The molecule has 0 saturated carbocycles. The van der Waals surface area contributed by atoms with Gasteiger partial charge in [0.2, 0.25) is 0 Å². The lowest BCUT2D eigenvalue weighted by Crippen LogP contribution is -2.36. The Hall–Kier alpha value is -1.86. The van der Waals surface area contributed by atoms with Crippen molar-refractivity contribution in [3.05, 3.63) is 51.6 Å². The number of halogens is 2. The van der Waals surface area contributed by atoms with Crippen LogP contribution >= 0.6 is 23.2 Å². The molecule has 1 aliphatic heterocycles. The van der Waals surface area contributed by atoms with E-state index in [2.05, 4.69) is 20.2 Å². The molecule has 8 heteroatoms. The third-order valence-electron chi connectivity index (χ3n) is 4.85. The Morgan fingerprint density at radius 3 is 2.93 bits per heavy atom. The van der Waals surface area contributed by atoms with E-state index in [0.29, 0.717) is 42.1 Å². The summed E-state index contributed by atoms with van der Waals surface area (Å²) in [6.45, 7) is 3.70. The molecule has 27 heavy (non-hydrogen) atoms. The first-order valence-electron chi connectivity index (χ1n) is 8.94. The number of hydrogen-bond acceptors (Lipinski definition) is 4. The summed E-state index contributed by atoms with van der Waals surface area (Å²) >= 11 is 12.3. The van der Waals surface area contributed by atoms with Gasteiger partial charge in [0.15, 0.2) is 0 Å². The minimum Gasteiger partial charge on any atom is -0.379 e. The van der Waals surface area contributed by atoms with Crippen LogP contribution in [0.4, 0.5) is 0 Å². The molecule has 0 unspecified atom stereocenters. The first-order valence-corrected chi connectivity index (χ1v) is 9.70. The zero-order valence-corrected chi connectivity index (χ0v) is 16.2. The average molecular weight is 407 g/mol. The maximum absolute atomic E-state index is 13.0. The van der Waals surface area contributed by atoms with Crippen LogP contribution in [-0.2, 0) is 11.3 Å². The highest BCUT2D eigenvalue weighted by atomic mass is 35.5. The number of rotatable bonds is 4. The quantitative estimate of drug-likeness (QED) is 0.761. The highest BCUT2D eigenvalue weighted by Gasteiger charge is 2.23. The predicted octanol–water partition coefficient (Wildman–Crippen LogP) is 3.58. The number of nitrogens with one attached hydrogen (secondary N) is 2. The minimum atomic E-state index is -0.200. The van der Waals surface area contributed by atoms with Gasteiger partial charge in [0, 0.05) is 42.5 Å². The number of ether oxygens (including phenoxy) is 1. The number of H-pyrrole nitrogens is 1. The molecule has 1 saturated heterocycles. The normalized spacial score (nSPS) is 18.3. The standard InChI is InChI=1S/C19H20Cl2N4O2/c20-14-3-1-2-4-15(14)24-19(26)18-13(11-25-5-7-27-8-6-25)12-10-22-17(21)9-16(12)23-18/h1,3,9-10,23H,2,4-8,11H2,(H,24,26). The maximum atomic E-state index is 13.0. The van der Waals surface area contributed by atoms with Crippen LogP contribution in [0.2, 0.25) is 5.15 Å². The summed E-state index contributed by atoms with van der Waals surface area (Å²) in [6, 6.07) is 1.74. The van der Waals surface area contributed by atoms with Gasteiger partial charge in [-0.15, -0.1) is 0 Å². The number of allylic oxidation sites excluding steroid dienone is 4. The molecule has 4 rings (SSSR count). The zero-order chi connectivity index (χ0) is 18.8. The second-order valence-corrected chi connectivity index (χ2v) is 7.44. The highest BCUT2D eigenvalue weighted by molar-refractivity contribution is 6.31. The fourth-order valence-corrected chi connectivity index (χ4v) is 3.80. The summed E-state index contributed by atoms with van der Waals surface area (Å²) in [6.07, 6.45) is 7.12. The summed E-state index contributed by atoms with van der Waals surface area (Å²) in [5.74, 6) is -0.200. The lowest BCUT2D eigenvalue weighted by Gasteiger charge is -2.26. The molecule has 142 valence electrons. The van der Waals surface area contributed by atoms with E-state index in [4.69, 9.17) is 27.9 Å². The van der Waals surface area contributed by atoms with E-state index >= 15 is 0 Å². The largest absolute Gasteiger partial charge is 0.379 e. The minimum absolute atomic E-state index is 0.200. The van der Waals surface area contributed by atoms with Crippen LogP contribution in [-0.4, -0.2) is 47.1 Å². The Balaban J connectivity index is 1.68. The molecular weight excluding hydrogens is 387 g/mol. The average Bonchev–Trinajstić information content (AvgIpc) is 3.02. The van der Waals surface area contributed by atoms with E-state index in [1.165, 1.54) is 0 Å². The summed E-state index contributed by atoms with van der Waals surface area (Å²) in [4.78, 5) is 22.7. The molecule has 0 atom stereocenters. The van der Waals surface area contributed by atoms with Crippen molar-refractivity contribution in [2.45, 2.75) is 19.4 Å². The molecule has 2 N–H and O–H groups in total. The number of aromatic nitrogens is 2. The van der Waals surface area contributed by atoms with Gasteiger partial charge in [0.05, 0.1) is 23.8 Å². The number of fused-ring (bicyclic) bond motifs is 1. The second-order valence-electron chi connectivity index (χ2n) is 6.64. The van der Waals surface area contributed by atoms with Gasteiger partial charge in [0.25, 0.3) is 5.91 Å². The molecule has 0 spiro atoms. The van der Waals surface area contributed by atoms with E-state index in [0.717, 1.165) is 41.7 Å². The van der Waals surface area contributed by atoms with Gasteiger partial charge in [-0.05, 0) is 25.0 Å². The Bertz CT molecular complexity index is 929. The third-order valence-corrected chi connectivity index (χ3v) is 5.41. The summed E-state index contributed by atoms with van der Waals surface area (Å²) in [5.41, 5.74) is 2.98. The molecule has 0 aromatic carbocycles. The van der Waals surface area contributed by atoms with Gasteiger partial charge in [-0.1, -0.05) is 29.3 Å². The first kappa shape index (κ1) is 18.5. The smallest absolute Gasteiger partial charge is 0.272 e. The molecule has 0 bridgehead atoms. The number of carbonyl (C=O) groups is 1. The van der Waals surface area contributed by atoms with Gasteiger partial charge in [-0.2, -0.15) is 0 Å². The van der Waals surface area contributed by atoms with Crippen molar-refractivity contribution >= 4 is 40.0 Å². The Morgan fingerprint density at radius 2 is 2.15 bits per heavy atom. The predicted molar refractivity (Wildman–Crippen MR) is 106 cm³/mol. The lowest BCUT2D eigenvalue weighted by atomic mass is 10.1. The van der Waals surface area contributed by atoms with Crippen LogP contribution in [0.1, 0.15) is 28.9 Å². The fourth-order valence-electron chi connectivity index (χ4n) is 3.42. The SMILES string of the molecule is O=C(NC1=C(Cl)C=CCC1)c1[nH]c2cc(Cl)ncc2c1CN1CCOCC1. The van der Waals surface area contributed by atoms with Crippen molar-refractivity contribution in [2.75, 3.05) is 26.3 Å². The van der Waals surface area contributed by atoms with Gasteiger partial charge >= 0.3 is 0 Å². The number of pyridine rings is 1. The topological polar surface area (TPSA) is 70.2 Å². The van der Waals surface area contributed by atoms with Gasteiger partial charge in [-0.3, -0.25) is 9.69 Å². The van der Waals surface area contributed by atoms with Crippen LogP contribution in [0.25, 0.3) is 10.9 Å². The molecule has 0 radical (unpaired) electrons. The molecular formula is C19H20Cl2N4O2. The van der Waals surface area contributed by atoms with Crippen LogP contribution in [0.5, 0.6) is 0 Å². The maximum Gasteiger partial charge on any atom is 0.272 e. The van der Waals surface area contributed by atoms with E-state index in [-0.39, 0.29) is 5.91 Å². The van der Waals surface area contributed by atoms with Crippen molar-refractivity contribution in [3.8, 4) is 0 Å². The van der Waals surface area contributed by atoms with Crippen LogP contribution in [0, 0.1) is 0 Å². The van der Waals surface area contributed by atoms with E-state index < -0.39 is 0 Å². The molecule has 2 aromatic heterocycles. The molecule has 1 amide bonds. The number of aromatic amines is 1. The molecule has 6 nitrogen and oxygen atoms in total. The molecule has 2 aliphatic rings. The van der Waals surface area contributed by atoms with Crippen molar-refractivity contribution in [3.63, 3.8) is 0 Å². The lowest BCUT2D eigenvalue weighted by molar-refractivity contribution is 0.0342. The van der Waals surface area contributed by atoms with Gasteiger partial charge in [-0.25, -0.2) is 4.98 Å². The summed E-state index contributed by atoms with van der Waals surface area (Å²) in [7, 11) is 0. The van der Waals surface area contributed by atoms with Crippen molar-refractivity contribution in [1.82, 2.24) is 20.2 Å². The van der Waals surface area contributed by atoms with Crippen LogP contribution in [0.3, 0.4) is 0 Å². The summed E-state index contributed by atoms with van der Waals surface area (Å²) < 4.78 is 5.43. The van der Waals surface area contributed by atoms with Crippen LogP contribution < -0.4 is 5.32 Å². The van der Waals surface area contributed by atoms with Gasteiger partial charge in [0.1, 0.15) is 10.8 Å². The van der Waals surface area contributed by atoms with Crippen LogP contribution in [0.15, 0.2) is 35.1 Å². The molecule has 2 aromatic rings. The number of morpholine rings is 1. The third kappa shape index (κ3) is 4.04. The van der Waals surface area contributed by atoms with Crippen molar-refractivity contribution in [1.29, 1.82) is 0 Å². The highest BCUT2D eigenvalue weighted by Crippen LogP contribution is 2.27. The van der Waals surface area contributed by atoms with E-state index in [1.807, 2.05) is 12.2 Å². The number of hydrogen-bond donors (Lipinski definition) is 2. The van der Waals surface area contributed by atoms with Crippen molar-refractivity contribution < 1.29 is 9.53 Å². The first-order chi connectivity index (χ1) is 13.1. The van der Waals surface area contributed by atoms with Crippen molar-refractivity contribution in [2.24, 2.45) is 0 Å². The number of carbonyl (C=O) groups excluding carboxylic acids is 1. The van der Waals surface area contributed by atoms with E-state index in [9.17, 15) is 4.79 Å². The summed E-state index contributed by atoms with van der Waals surface area (Å²) in [5, 5.41) is 4.83. The zero-order valence-electron chi connectivity index (χ0n) is 14.7.